The zero-order chi connectivity index (χ0) is 14.6. The third kappa shape index (κ3) is 5.12. The summed E-state index contributed by atoms with van der Waals surface area (Å²) in [7, 11) is 0. The first kappa shape index (κ1) is 15.9. The first-order chi connectivity index (χ1) is 8.73. The number of hydrogen-bond donors (Lipinski definition) is 2. The summed E-state index contributed by atoms with van der Waals surface area (Å²) in [6, 6.07) is 1.32. The summed E-state index contributed by atoms with van der Waals surface area (Å²) in [4.78, 5) is 23.7. The van der Waals surface area contributed by atoms with Gasteiger partial charge in [-0.3, -0.25) is 9.59 Å². The van der Waals surface area contributed by atoms with Crippen LogP contribution < -0.4 is 5.32 Å². The number of aliphatic hydroxyl groups excluding tert-OH is 1. The van der Waals surface area contributed by atoms with Gasteiger partial charge in [-0.1, -0.05) is 20.8 Å². The van der Waals surface area contributed by atoms with Crippen LogP contribution in [-0.2, 0) is 0 Å². The number of aliphatic hydroxyl groups is 1. The fourth-order valence-corrected chi connectivity index (χ4v) is 2.65. The van der Waals surface area contributed by atoms with E-state index >= 15 is 0 Å². The van der Waals surface area contributed by atoms with Crippen molar-refractivity contribution in [2.75, 3.05) is 6.61 Å². The monoisotopic (exact) mass is 283 g/mol. The van der Waals surface area contributed by atoms with Crippen molar-refractivity contribution in [2.24, 2.45) is 5.41 Å². The Hall–Kier alpha value is -1.20. The third-order valence-corrected chi connectivity index (χ3v) is 3.57. The van der Waals surface area contributed by atoms with Gasteiger partial charge in [0.1, 0.15) is 0 Å². The van der Waals surface area contributed by atoms with Crippen molar-refractivity contribution in [1.82, 2.24) is 5.32 Å². The van der Waals surface area contributed by atoms with Crippen molar-refractivity contribution in [3.8, 4) is 0 Å². The first-order valence-electron chi connectivity index (χ1n) is 6.24. The molecule has 0 saturated carbocycles. The van der Waals surface area contributed by atoms with Gasteiger partial charge in [0.2, 0.25) is 0 Å². The van der Waals surface area contributed by atoms with Gasteiger partial charge in [0.25, 0.3) is 5.91 Å². The molecule has 1 aromatic heterocycles. The van der Waals surface area contributed by atoms with Crippen LogP contribution in [-0.4, -0.2) is 29.4 Å². The molecule has 0 aliphatic rings. The Kier molecular flexibility index (Phi) is 5.26. The molecule has 0 aliphatic heterocycles. The van der Waals surface area contributed by atoms with Crippen LogP contribution in [0.25, 0.3) is 0 Å². The van der Waals surface area contributed by atoms with Crippen molar-refractivity contribution >= 4 is 23.0 Å². The largest absolute Gasteiger partial charge is 0.394 e. The fourth-order valence-electron chi connectivity index (χ4n) is 1.80. The molecular formula is C14H21NO3S. The van der Waals surface area contributed by atoms with E-state index in [1.165, 1.54) is 18.3 Å². The number of amides is 1. The molecule has 0 spiro atoms. The highest BCUT2D eigenvalue weighted by Gasteiger charge is 2.21. The highest BCUT2D eigenvalue weighted by Crippen LogP contribution is 2.21. The molecule has 0 radical (unpaired) electrons. The minimum absolute atomic E-state index is 0.0284. The standard InChI is InChI=1S/C14H21NO3S/c1-9(17)10-5-12(19-8-10)13(18)15-11(7-16)6-14(2,3)4/h5,8,11,16H,6-7H2,1-4H3,(H,15,18)/t11-/m0/s1. The Bertz CT molecular complexity index is 460. The summed E-state index contributed by atoms with van der Waals surface area (Å²) in [5.74, 6) is -0.288. The zero-order valence-corrected chi connectivity index (χ0v) is 12.6. The molecule has 1 atom stereocenters. The molecule has 0 bridgehead atoms. The smallest absolute Gasteiger partial charge is 0.261 e. The highest BCUT2D eigenvalue weighted by molar-refractivity contribution is 7.12. The summed E-state index contributed by atoms with van der Waals surface area (Å²) >= 11 is 1.24. The molecule has 0 saturated heterocycles. The predicted octanol–water partition coefficient (Wildman–Crippen LogP) is 2.48. The molecule has 0 fully saturated rings. The van der Waals surface area contributed by atoms with Gasteiger partial charge in [0.05, 0.1) is 17.5 Å². The molecule has 2 N–H and O–H groups in total. The summed E-state index contributed by atoms with van der Waals surface area (Å²) in [6.07, 6.45) is 0.695. The van der Waals surface area contributed by atoms with Crippen LogP contribution in [0.2, 0.25) is 0 Å². The summed E-state index contributed by atoms with van der Waals surface area (Å²) in [5.41, 5.74) is 0.576. The van der Waals surface area contributed by atoms with Gasteiger partial charge in [0, 0.05) is 10.9 Å². The Balaban J connectivity index is 2.69. The maximum absolute atomic E-state index is 12.0. The number of rotatable bonds is 5. The average Bonchev–Trinajstić information content (AvgIpc) is 2.75. The van der Waals surface area contributed by atoms with E-state index in [2.05, 4.69) is 26.1 Å². The molecule has 106 valence electrons. The lowest BCUT2D eigenvalue weighted by atomic mass is 9.88. The number of nitrogens with one attached hydrogen (secondary N) is 1. The van der Waals surface area contributed by atoms with E-state index in [1.807, 2.05) is 0 Å². The fraction of sp³-hybridized carbons (Fsp3) is 0.571. The molecule has 1 aromatic rings. The normalized spacial score (nSPS) is 13.1. The number of hydrogen-bond acceptors (Lipinski definition) is 4. The second kappa shape index (κ2) is 6.30. The van der Waals surface area contributed by atoms with Crippen LogP contribution in [0.3, 0.4) is 0 Å². The highest BCUT2D eigenvalue weighted by atomic mass is 32.1. The Morgan fingerprint density at radius 3 is 2.47 bits per heavy atom. The Labute approximate surface area is 117 Å². The van der Waals surface area contributed by atoms with Crippen LogP contribution in [0.5, 0.6) is 0 Å². The van der Waals surface area contributed by atoms with E-state index in [0.29, 0.717) is 16.9 Å². The number of carbonyl (C=O) groups excluding carboxylic acids is 2. The van der Waals surface area contributed by atoms with E-state index in [1.54, 1.807) is 11.4 Å². The second-order valence-electron chi connectivity index (χ2n) is 5.87. The number of Topliss-reactive ketones (excluding diaryl/α,β-unsaturated/α-hetero) is 1. The van der Waals surface area contributed by atoms with E-state index in [9.17, 15) is 14.7 Å². The minimum Gasteiger partial charge on any atom is -0.394 e. The summed E-state index contributed by atoms with van der Waals surface area (Å²) in [6.45, 7) is 7.55. The SMILES string of the molecule is CC(=O)c1csc(C(=O)N[C@H](CO)CC(C)(C)C)c1. The zero-order valence-electron chi connectivity index (χ0n) is 11.8. The molecule has 5 heteroatoms. The average molecular weight is 283 g/mol. The van der Waals surface area contributed by atoms with E-state index in [-0.39, 0.29) is 29.8 Å². The van der Waals surface area contributed by atoms with Gasteiger partial charge in [0.15, 0.2) is 5.78 Å². The van der Waals surface area contributed by atoms with Crippen LogP contribution in [0.15, 0.2) is 11.4 Å². The lowest BCUT2D eigenvalue weighted by molar-refractivity contribution is 0.0902. The predicted molar refractivity (Wildman–Crippen MR) is 76.7 cm³/mol. The van der Waals surface area contributed by atoms with Crippen molar-refractivity contribution in [1.29, 1.82) is 0 Å². The Morgan fingerprint density at radius 2 is 2.05 bits per heavy atom. The van der Waals surface area contributed by atoms with Gasteiger partial charge < -0.3 is 10.4 Å². The minimum atomic E-state index is -0.268. The molecule has 19 heavy (non-hydrogen) atoms. The van der Waals surface area contributed by atoms with Crippen molar-refractivity contribution < 1.29 is 14.7 Å². The first-order valence-corrected chi connectivity index (χ1v) is 7.12. The van der Waals surface area contributed by atoms with Gasteiger partial charge in [-0.2, -0.15) is 0 Å². The van der Waals surface area contributed by atoms with Crippen LogP contribution in [0.1, 0.15) is 54.1 Å². The Morgan fingerprint density at radius 1 is 1.42 bits per heavy atom. The quantitative estimate of drug-likeness (QED) is 0.816. The number of ketones is 1. The molecule has 1 heterocycles. The van der Waals surface area contributed by atoms with Gasteiger partial charge in [-0.15, -0.1) is 11.3 Å². The third-order valence-electron chi connectivity index (χ3n) is 2.64. The van der Waals surface area contributed by atoms with E-state index < -0.39 is 0 Å². The second-order valence-corrected chi connectivity index (χ2v) is 6.78. The van der Waals surface area contributed by atoms with Crippen molar-refractivity contribution in [3.63, 3.8) is 0 Å². The maximum atomic E-state index is 12.0. The van der Waals surface area contributed by atoms with Crippen LogP contribution >= 0.6 is 11.3 Å². The van der Waals surface area contributed by atoms with Crippen molar-refractivity contribution in [3.05, 3.63) is 21.9 Å². The topological polar surface area (TPSA) is 66.4 Å². The van der Waals surface area contributed by atoms with E-state index in [4.69, 9.17) is 0 Å². The van der Waals surface area contributed by atoms with Crippen LogP contribution in [0, 0.1) is 5.41 Å². The number of thiophene rings is 1. The molecular weight excluding hydrogens is 262 g/mol. The summed E-state index contributed by atoms with van der Waals surface area (Å²) < 4.78 is 0. The molecule has 0 unspecified atom stereocenters. The summed E-state index contributed by atoms with van der Waals surface area (Å²) in [5, 5.41) is 13.8. The molecule has 1 rings (SSSR count). The molecule has 0 aromatic carbocycles. The lowest BCUT2D eigenvalue weighted by Gasteiger charge is -2.25. The van der Waals surface area contributed by atoms with E-state index in [0.717, 1.165) is 0 Å². The maximum Gasteiger partial charge on any atom is 0.261 e. The molecule has 4 nitrogen and oxygen atoms in total. The molecule has 0 aliphatic carbocycles. The van der Waals surface area contributed by atoms with Crippen molar-refractivity contribution in [2.45, 2.75) is 40.2 Å². The van der Waals surface area contributed by atoms with Crippen LogP contribution in [0.4, 0.5) is 0 Å². The van der Waals surface area contributed by atoms with Gasteiger partial charge in [-0.25, -0.2) is 0 Å². The van der Waals surface area contributed by atoms with Gasteiger partial charge >= 0.3 is 0 Å². The van der Waals surface area contributed by atoms with Gasteiger partial charge in [-0.05, 0) is 24.8 Å². The lowest BCUT2D eigenvalue weighted by Crippen LogP contribution is -2.39. The molecule has 1 amide bonds. The number of carbonyl (C=O) groups is 2.